The zero-order chi connectivity index (χ0) is 8.55. The van der Waals surface area contributed by atoms with Crippen molar-refractivity contribution in [3.8, 4) is 0 Å². The van der Waals surface area contributed by atoms with E-state index in [0.717, 1.165) is 25.2 Å². The molecule has 0 amide bonds. The lowest BCUT2D eigenvalue weighted by Crippen LogP contribution is -2.14. The predicted molar refractivity (Wildman–Crippen MR) is 46.2 cm³/mol. The molecule has 1 heterocycles. The zero-order valence-electron chi connectivity index (χ0n) is 7.18. The van der Waals surface area contributed by atoms with Crippen molar-refractivity contribution in [3.05, 3.63) is 35.1 Å². The van der Waals surface area contributed by atoms with E-state index in [0.29, 0.717) is 0 Å². The van der Waals surface area contributed by atoms with Crippen molar-refractivity contribution < 1.29 is 4.39 Å². The summed E-state index contributed by atoms with van der Waals surface area (Å²) < 4.78 is 12.8. The fraction of sp³-hybridized carbons (Fsp3) is 0.400. The fourth-order valence-corrected chi connectivity index (χ4v) is 1.66. The van der Waals surface area contributed by atoms with Gasteiger partial charge in [-0.05, 0) is 29.8 Å². The van der Waals surface area contributed by atoms with Crippen molar-refractivity contribution in [1.82, 2.24) is 4.90 Å². The van der Waals surface area contributed by atoms with Gasteiger partial charge in [0.1, 0.15) is 5.82 Å². The van der Waals surface area contributed by atoms with Crippen LogP contribution >= 0.6 is 0 Å². The van der Waals surface area contributed by atoms with Crippen LogP contribution < -0.4 is 0 Å². The van der Waals surface area contributed by atoms with E-state index in [1.54, 1.807) is 6.07 Å². The van der Waals surface area contributed by atoms with Gasteiger partial charge in [0.05, 0.1) is 0 Å². The van der Waals surface area contributed by atoms with Gasteiger partial charge in [0.25, 0.3) is 0 Å². The van der Waals surface area contributed by atoms with E-state index < -0.39 is 0 Å². The number of hydrogen-bond acceptors (Lipinski definition) is 1. The summed E-state index contributed by atoms with van der Waals surface area (Å²) in [5.41, 5.74) is 2.43. The second kappa shape index (κ2) is 2.87. The molecule has 0 saturated carbocycles. The monoisotopic (exact) mass is 165 g/mol. The van der Waals surface area contributed by atoms with Crippen LogP contribution in [0.3, 0.4) is 0 Å². The number of hydrogen-bond donors (Lipinski definition) is 0. The Bertz CT molecular complexity index is 296. The smallest absolute Gasteiger partial charge is 0.123 e. The lowest BCUT2D eigenvalue weighted by molar-refractivity contribution is 0.301. The summed E-state index contributed by atoms with van der Waals surface area (Å²) in [6.07, 6.45) is 0. The minimum atomic E-state index is -0.119. The summed E-state index contributed by atoms with van der Waals surface area (Å²) in [4.78, 5) is 2.30. The van der Waals surface area contributed by atoms with Crippen LogP contribution in [0.15, 0.2) is 18.2 Å². The van der Waals surface area contributed by atoms with Gasteiger partial charge in [-0.2, -0.15) is 0 Å². The molecule has 1 aromatic rings. The average Bonchev–Trinajstić information content (AvgIpc) is 2.46. The highest BCUT2D eigenvalue weighted by molar-refractivity contribution is 5.30. The van der Waals surface area contributed by atoms with E-state index >= 15 is 0 Å². The third-order valence-corrected chi connectivity index (χ3v) is 2.40. The minimum Gasteiger partial charge on any atom is -0.295 e. The molecule has 1 aliphatic heterocycles. The normalized spacial score (nSPS) is 16.5. The molecule has 2 rings (SSSR count). The van der Waals surface area contributed by atoms with Crippen LogP contribution in [0.5, 0.6) is 0 Å². The highest BCUT2D eigenvalue weighted by Gasteiger charge is 2.16. The van der Waals surface area contributed by atoms with Crippen molar-refractivity contribution in [2.75, 3.05) is 6.54 Å². The number of rotatable bonds is 1. The maximum absolute atomic E-state index is 12.8. The topological polar surface area (TPSA) is 3.24 Å². The molecule has 12 heavy (non-hydrogen) atoms. The molecule has 0 bridgehead atoms. The highest BCUT2D eigenvalue weighted by Crippen LogP contribution is 2.22. The van der Waals surface area contributed by atoms with Crippen molar-refractivity contribution in [3.63, 3.8) is 0 Å². The van der Waals surface area contributed by atoms with Gasteiger partial charge < -0.3 is 0 Å². The van der Waals surface area contributed by atoms with Crippen LogP contribution in [0.25, 0.3) is 0 Å². The summed E-state index contributed by atoms with van der Waals surface area (Å²) in [6.45, 7) is 5.05. The third-order valence-electron chi connectivity index (χ3n) is 2.40. The Morgan fingerprint density at radius 1 is 1.33 bits per heavy atom. The Labute approximate surface area is 71.8 Å². The summed E-state index contributed by atoms with van der Waals surface area (Å²) >= 11 is 0. The molecule has 64 valence electrons. The van der Waals surface area contributed by atoms with Crippen LogP contribution in [-0.4, -0.2) is 11.4 Å². The Kier molecular flexibility index (Phi) is 1.85. The second-order valence-electron chi connectivity index (χ2n) is 3.22. The van der Waals surface area contributed by atoms with E-state index in [1.807, 2.05) is 6.07 Å². The van der Waals surface area contributed by atoms with E-state index in [-0.39, 0.29) is 5.82 Å². The summed E-state index contributed by atoms with van der Waals surface area (Å²) in [5, 5.41) is 0. The number of fused-ring (bicyclic) bond motifs is 1. The number of halogens is 1. The maximum Gasteiger partial charge on any atom is 0.123 e. The van der Waals surface area contributed by atoms with Gasteiger partial charge >= 0.3 is 0 Å². The first-order chi connectivity index (χ1) is 5.79. The van der Waals surface area contributed by atoms with E-state index in [4.69, 9.17) is 0 Å². The zero-order valence-corrected chi connectivity index (χ0v) is 7.18. The summed E-state index contributed by atoms with van der Waals surface area (Å²) in [6, 6.07) is 5.07. The van der Waals surface area contributed by atoms with Crippen LogP contribution in [0.4, 0.5) is 4.39 Å². The first kappa shape index (κ1) is 7.74. The van der Waals surface area contributed by atoms with Crippen LogP contribution in [-0.2, 0) is 13.1 Å². The first-order valence-corrected chi connectivity index (χ1v) is 4.29. The Hall–Kier alpha value is -0.890. The van der Waals surface area contributed by atoms with E-state index in [1.165, 1.54) is 11.6 Å². The van der Waals surface area contributed by atoms with E-state index in [9.17, 15) is 4.39 Å². The molecule has 0 radical (unpaired) electrons. The molecule has 0 atom stereocenters. The molecule has 0 N–H and O–H groups in total. The van der Waals surface area contributed by atoms with Crippen LogP contribution in [0, 0.1) is 5.82 Å². The lowest BCUT2D eigenvalue weighted by Gasteiger charge is -2.09. The molecular formula is C10H12FN. The van der Waals surface area contributed by atoms with Crippen LogP contribution in [0.2, 0.25) is 0 Å². The minimum absolute atomic E-state index is 0.119. The van der Waals surface area contributed by atoms with Crippen molar-refractivity contribution in [2.45, 2.75) is 20.0 Å². The molecule has 0 aromatic heterocycles. The van der Waals surface area contributed by atoms with Gasteiger partial charge in [0.15, 0.2) is 0 Å². The molecule has 0 saturated heterocycles. The first-order valence-electron chi connectivity index (χ1n) is 4.29. The maximum atomic E-state index is 12.8. The molecular weight excluding hydrogens is 153 g/mol. The second-order valence-corrected chi connectivity index (χ2v) is 3.22. The number of nitrogens with zero attached hydrogens (tertiary/aromatic N) is 1. The van der Waals surface area contributed by atoms with Crippen molar-refractivity contribution in [2.24, 2.45) is 0 Å². The highest BCUT2D eigenvalue weighted by atomic mass is 19.1. The Morgan fingerprint density at radius 3 is 2.83 bits per heavy atom. The lowest BCUT2D eigenvalue weighted by atomic mass is 10.1. The Morgan fingerprint density at radius 2 is 2.08 bits per heavy atom. The molecule has 0 spiro atoms. The molecule has 1 nitrogen and oxygen atoms in total. The predicted octanol–water partition coefficient (Wildman–Crippen LogP) is 2.16. The molecule has 0 fully saturated rings. The van der Waals surface area contributed by atoms with Gasteiger partial charge in [-0.3, -0.25) is 4.90 Å². The van der Waals surface area contributed by atoms with Gasteiger partial charge in [0.2, 0.25) is 0 Å². The van der Waals surface area contributed by atoms with Crippen LogP contribution in [0.1, 0.15) is 18.1 Å². The number of benzene rings is 1. The average molecular weight is 165 g/mol. The SMILES string of the molecule is CCN1Cc2ccc(F)cc2C1. The third kappa shape index (κ3) is 1.23. The summed E-state index contributed by atoms with van der Waals surface area (Å²) in [7, 11) is 0. The Balaban J connectivity index is 2.30. The van der Waals surface area contributed by atoms with Gasteiger partial charge in [0, 0.05) is 13.1 Å². The largest absolute Gasteiger partial charge is 0.295 e. The van der Waals surface area contributed by atoms with Gasteiger partial charge in [-0.1, -0.05) is 13.0 Å². The van der Waals surface area contributed by atoms with Crippen molar-refractivity contribution in [1.29, 1.82) is 0 Å². The van der Waals surface area contributed by atoms with Gasteiger partial charge in [-0.25, -0.2) is 4.39 Å². The summed E-state index contributed by atoms with van der Waals surface area (Å²) in [5.74, 6) is -0.119. The molecule has 2 heteroatoms. The van der Waals surface area contributed by atoms with Gasteiger partial charge in [-0.15, -0.1) is 0 Å². The van der Waals surface area contributed by atoms with Crippen molar-refractivity contribution >= 4 is 0 Å². The molecule has 1 aromatic carbocycles. The molecule has 1 aliphatic rings. The molecule has 0 unspecified atom stereocenters. The van der Waals surface area contributed by atoms with E-state index in [2.05, 4.69) is 11.8 Å². The molecule has 0 aliphatic carbocycles. The quantitative estimate of drug-likeness (QED) is 0.616. The standard InChI is InChI=1S/C10H12FN/c1-2-12-6-8-3-4-10(11)5-9(8)7-12/h3-5H,2,6-7H2,1H3. The fourth-order valence-electron chi connectivity index (χ4n) is 1.66.